The second-order valence-electron chi connectivity index (χ2n) is 10.2. The van der Waals surface area contributed by atoms with E-state index in [2.05, 4.69) is 5.32 Å². The molecule has 0 bridgehead atoms. The number of anilines is 1. The van der Waals surface area contributed by atoms with Crippen molar-refractivity contribution in [2.75, 3.05) is 10.8 Å². The summed E-state index contributed by atoms with van der Waals surface area (Å²) in [5.74, 6) is -0.854. The van der Waals surface area contributed by atoms with Gasteiger partial charge in [0.15, 0.2) is 0 Å². The van der Waals surface area contributed by atoms with Gasteiger partial charge in [-0.1, -0.05) is 60.1 Å². The Morgan fingerprint density at radius 1 is 0.921 bits per heavy atom. The van der Waals surface area contributed by atoms with Crippen LogP contribution in [0.4, 0.5) is 5.69 Å². The van der Waals surface area contributed by atoms with E-state index in [1.165, 1.54) is 17.0 Å². The predicted molar refractivity (Wildman–Crippen MR) is 152 cm³/mol. The Bertz CT molecular complexity index is 1370. The van der Waals surface area contributed by atoms with Gasteiger partial charge >= 0.3 is 0 Å². The van der Waals surface area contributed by atoms with Crippen LogP contribution in [0.2, 0.25) is 5.02 Å². The van der Waals surface area contributed by atoms with Crippen molar-refractivity contribution >= 4 is 39.1 Å². The number of hydrogen-bond donors (Lipinski definition) is 1. The van der Waals surface area contributed by atoms with E-state index >= 15 is 0 Å². The SMILES string of the molecule is Cc1ccccc1N(CC(=O)N(Cc1ccc(Cl)cc1)C(C)C(=O)NC(C)(C)C)S(=O)(=O)c1ccccc1. The molecular formula is C29H34ClN3O4S. The third kappa shape index (κ3) is 7.36. The van der Waals surface area contributed by atoms with E-state index in [-0.39, 0.29) is 17.3 Å². The Hall–Kier alpha value is -3.36. The van der Waals surface area contributed by atoms with E-state index in [0.717, 1.165) is 9.87 Å². The number of para-hydroxylation sites is 1. The molecule has 0 aliphatic heterocycles. The van der Waals surface area contributed by atoms with Crippen molar-refractivity contribution in [3.63, 3.8) is 0 Å². The minimum atomic E-state index is -4.09. The number of halogens is 1. The Labute approximate surface area is 230 Å². The van der Waals surface area contributed by atoms with E-state index < -0.39 is 34.1 Å². The summed E-state index contributed by atoms with van der Waals surface area (Å²) < 4.78 is 28.7. The zero-order chi connectivity index (χ0) is 28.1. The molecule has 1 unspecified atom stereocenters. The molecule has 0 spiro atoms. The number of amides is 2. The van der Waals surface area contributed by atoms with Gasteiger partial charge in [-0.25, -0.2) is 8.42 Å². The van der Waals surface area contributed by atoms with Gasteiger partial charge in [-0.3, -0.25) is 13.9 Å². The standard InChI is InChI=1S/C29H34ClN3O4S/c1-21-11-9-10-14-26(21)33(38(36,37)25-12-7-6-8-13-25)20-27(34)32(19-23-15-17-24(30)18-16-23)22(2)28(35)31-29(3,4)5/h6-18,22H,19-20H2,1-5H3,(H,31,35). The molecular weight excluding hydrogens is 522 g/mol. The van der Waals surface area contributed by atoms with Gasteiger partial charge in [0.1, 0.15) is 12.6 Å². The Balaban J connectivity index is 2.03. The van der Waals surface area contributed by atoms with Crippen LogP contribution < -0.4 is 9.62 Å². The lowest BCUT2D eigenvalue weighted by molar-refractivity contribution is -0.140. The van der Waals surface area contributed by atoms with Crippen molar-refractivity contribution in [3.05, 3.63) is 95.0 Å². The molecule has 0 aliphatic rings. The van der Waals surface area contributed by atoms with Gasteiger partial charge in [-0.15, -0.1) is 0 Å². The third-order valence-electron chi connectivity index (χ3n) is 5.93. The first-order chi connectivity index (χ1) is 17.8. The number of carbonyl (C=O) groups excluding carboxylic acids is 2. The van der Waals surface area contributed by atoms with Crippen LogP contribution >= 0.6 is 11.6 Å². The lowest BCUT2D eigenvalue weighted by Gasteiger charge is -2.33. The monoisotopic (exact) mass is 555 g/mol. The predicted octanol–water partition coefficient (Wildman–Crippen LogP) is 5.18. The Morgan fingerprint density at radius 2 is 1.50 bits per heavy atom. The molecule has 3 rings (SSSR count). The quantitative estimate of drug-likeness (QED) is 0.394. The summed E-state index contributed by atoms with van der Waals surface area (Å²) in [7, 11) is -4.09. The number of hydrogen-bond acceptors (Lipinski definition) is 4. The van der Waals surface area contributed by atoms with Crippen molar-refractivity contribution in [1.82, 2.24) is 10.2 Å². The summed E-state index contributed by atoms with van der Waals surface area (Å²) in [6, 6.07) is 21.1. The van der Waals surface area contributed by atoms with Crippen LogP contribution in [0.15, 0.2) is 83.8 Å². The number of benzene rings is 3. The maximum atomic E-state index is 13.9. The minimum absolute atomic E-state index is 0.0684. The number of sulfonamides is 1. The summed E-state index contributed by atoms with van der Waals surface area (Å²) in [5, 5.41) is 3.46. The van der Waals surface area contributed by atoms with E-state index in [4.69, 9.17) is 11.6 Å². The van der Waals surface area contributed by atoms with E-state index in [1.807, 2.05) is 20.8 Å². The lowest BCUT2D eigenvalue weighted by Crippen LogP contribution is -2.54. The van der Waals surface area contributed by atoms with Gasteiger partial charge < -0.3 is 10.2 Å². The highest BCUT2D eigenvalue weighted by Crippen LogP contribution is 2.27. The van der Waals surface area contributed by atoms with Crippen molar-refractivity contribution in [2.24, 2.45) is 0 Å². The van der Waals surface area contributed by atoms with Crippen LogP contribution in [0.25, 0.3) is 0 Å². The molecule has 1 N–H and O–H groups in total. The Morgan fingerprint density at radius 3 is 2.08 bits per heavy atom. The molecule has 0 fully saturated rings. The number of aryl methyl sites for hydroxylation is 1. The van der Waals surface area contributed by atoms with E-state index in [9.17, 15) is 18.0 Å². The highest BCUT2D eigenvalue weighted by atomic mass is 35.5. The maximum absolute atomic E-state index is 13.9. The first kappa shape index (κ1) is 29.2. The van der Waals surface area contributed by atoms with Crippen molar-refractivity contribution < 1.29 is 18.0 Å². The first-order valence-corrected chi connectivity index (χ1v) is 14.1. The number of nitrogens with zero attached hydrogens (tertiary/aromatic N) is 2. The number of nitrogens with one attached hydrogen (secondary N) is 1. The summed E-state index contributed by atoms with van der Waals surface area (Å²) in [5.41, 5.74) is 1.33. The number of rotatable bonds is 9. The van der Waals surface area contributed by atoms with Gasteiger partial charge in [-0.05, 0) is 76.1 Å². The third-order valence-corrected chi connectivity index (χ3v) is 7.95. The van der Waals surface area contributed by atoms with Gasteiger partial charge in [0.25, 0.3) is 10.0 Å². The fraction of sp³-hybridized carbons (Fsp3) is 0.310. The van der Waals surface area contributed by atoms with Crippen molar-refractivity contribution in [1.29, 1.82) is 0 Å². The van der Waals surface area contributed by atoms with Crippen LogP contribution in [0.5, 0.6) is 0 Å². The molecule has 0 radical (unpaired) electrons. The van der Waals surface area contributed by atoms with Gasteiger partial charge in [0.05, 0.1) is 10.6 Å². The zero-order valence-electron chi connectivity index (χ0n) is 22.3. The van der Waals surface area contributed by atoms with Gasteiger partial charge in [0.2, 0.25) is 11.8 Å². The summed E-state index contributed by atoms with van der Waals surface area (Å²) in [4.78, 5) is 28.5. The molecule has 3 aromatic carbocycles. The topological polar surface area (TPSA) is 86.8 Å². The molecule has 3 aromatic rings. The number of carbonyl (C=O) groups is 2. The highest BCUT2D eigenvalue weighted by molar-refractivity contribution is 7.92. The van der Waals surface area contributed by atoms with E-state index in [1.54, 1.807) is 80.6 Å². The highest BCUT2D eigenvalue weighted by Gasteiger charge is 2.33. The summed E-state index contributed by atoms with van der Waals surface area (Å²) >= 11 is 6.04. The van der Waals surface area contributed by atoms with Crippen LogP contribution in [-0.2, 0) is 26.2 Å². The normalized spacial score (nSPS) is 12.5. The second-order valence-corrected chi connectivity index (χ2v) is 12.5. The van der Waals surface area contributed by atoms with Crippen LogP contribution in [0.3, 0.4) is 0 Å². The molecule has 38 heavy (non-hydrogen) atoms. The zero-order valence-corrected chi connectivity index (χ0v) is 23.9. The smallest absolute Gasteiger partial charge is 0.264 e. The fourth-order valence-electron chi connectivity index (χ4n) is 3.92. The van der Waals surface area contributed by atoms with E-state index in [0.29, 0.717) is 16.3 Å². The van der Waals surface area contributed by atoms with Gasteiger partial charge in [0, 0.05) is 17.1 Å². The molecule has 1 atom stereocenters. The average molecular weight is 556 g/mol. The first-order valence-electron chi connectivity index (χ1n) is 12.3. The van der Waals surface area contributed by atoms with Crippen LogP contribution in [-0.4, -0.2) is 43.3 Å². The molecule has 2 amide bonds. The van der Waals surface area contributed by atoms with Crippen molar-refractivity contribution in [2.45, 2.75) is 57.6 Å². The van der Waals surface area contributed by atoms with Gasteiger partial charge in [-0.2, -0.15) is 0 Å². The molecule has 0 aromatic heterocycles. The molecule has 0 heterocycles. The average Bonchev–Trinajstić information content (AvgIpc) is 2.86. The maximum Gasteiger partial charge on any atom is 0.264 e. The second kappa shape index (κ2) is 12.0. The molecule has 0 saturated heterocycles. The minimum Gasteiger partial charge on any atom is -0.350 e. The lowest BCUT2D eigenvalue weighted by atomic mass is 10.1. The van der Waals surface area contributed by atoms with Crippen LogP contribution in [0.1, 0.15) is 38.8 Å². The largest absolute Gasteiger partial charge is 0.350 e. The Kier molecular flexibility index (Phi) is 9.22. The van der Waals surface area contributed by atoms with Crippen molar-refractivity contribution in [3.8, 4) is 0 Å². The molecule has 0 aliphatic carbocycles. The fourth-order valence-corrected chi connectivity index (χ4v) is 5.55. The molecule has 7 nitrogen and oxygen atoms in total. The van der Waals surface area contributed by atoms with Crippen LogP contribution in [0, 0.1) is 6.92 Å². The molecule has 0 saturated carbocycles. The summed E-state index contributed by atoms with van der Waals surface area (Å²) in [6.07, 6.45) is 0. The molecule has 202 valence electrons. The molecule has 9 heteroatoms. The summed E-state index contributed by atoms with van der Waals surface area (Å²) in [6.45, 7) is 8.61.